The third kappa shape index (κ3) is 4.55. The van der Waals surface area contributed by atoms with Crippen LogP contribution in [-0.4, -0.2) is 30.0 Å². The Kier molecular flexibility index (Phi) is 6.13. The van der Waals surface area contributed by atoms with Crippen molar-refractivity contribution in [2.45, 2.75) is 13.8 Å². The first-order chi connectivity index (χ1) is 13.9. The van der Waals surface area contributed by atoms with E-state index >= 15 is 0 Å². The normalized spacial score (nSPS) is 14.5. The van der Waals surface area contributed by atoms with Crippen molar-refractivity contribution in [1.29, 1.82) is 0 Å². The van der Waals surface area contributed by atoms with E-state index in [1.54, 1.807) is 18.2 Å². The van der Waals surface area contributed by atoms with Crippen LogP contribution in [0.2, 0.25) is 5.02 Å². The summed E-state index contributed by atoms with van der Waals surface area (Å²) in [7, 11) is 0. The number of hydrogen-bond donors (Lipinski definition) is 0. The molecular weight excluding hydrogens is 400 g/mol. The van der Waals surface area contributed by atoms with Crippen LogP contribution in [0, 0.1) is 10.1 Å². The first-order valence-electron chi connectivity index (χ1n) is 8.79. The average Bonchev–Trinajstić information content (AvgIpc) is 3.04. The summed E-state index contributed by atoms with van der Waals surface area (Å²) in [6.45, 7) is 4.68. The van der Waals surface area contributed by atoms with E-state index in [0.717, 1.165) is 0 Å². The number of aliphatic imine (C=N–C) groups is 1. The Morgan fingerprint density at radius 1 is 1.14 bits per heavy atom. The minimum Gasteiger partial charge on any atom is -0.490 e. The van der Waals surface area contributed by atoms with Gasteiger partial charge >= 0.3 is 5.97 Å². The first-order valence-corrected chi connectivity index (χ1v) is 9.17. The lowest BCUT2D eigenvalue weighted by atomic mass is 10.1. The molecule has 9 heteroatoms. The second-order valence-electron chi connectivity index (χ2n) is 5.83. The third-order valence-corrected chi connectivity index (χ3v) is 4.20. The fourth-order valence-corrected chi connectivity index (χ4v) is 2.82. The van der Waals surface area contributed by atoms with E-state index in [1.807, 2.05) is 13.8 Å². The van der Waals surface area contributed by atoms with Crippen LogP contribution in [0.1, 0.15) is 25.0 Å². The molecule has 0 radical (unpaired) electrons. The van der Waals surface area contributed by atoms with Crippen molar-refractivity contribution in [3.8, 4) is 11.5 Å². The summed E-state index contributed by atoms with van der Waals surface area (Å²) in [5, 5.41) is 11.0. The maximum absolute atomic E-state index is 12.2. The fraction of sp³-hybridized carbons (Fsp3) is 0.200. The molecule has 150 valence electrons. The number of ether oxygens (including phenoxy) is 3. The molecule has 0 saturated heterocycles. The van der Waals surface area contributed by atoms with E-state index in [9.17, 15) is 14.9 Å². The van der Waals surface area contributed by atoms with Crippen molar-refractivity contribution in [2.75, 3.05) is 13.2 Å². The van der Waals surface area contributed by atoms with Crippen molar-refractivity contribution in [2.24, 2.45) is 4.99 Å². The molecule has 0 fully saturated rings. The number of nitro benzene ring substituents is 1. The van der Waals surface area contributed by atoms with Gasteiger partial charge in [-0.15, -0.1) is 0 Å². The molecular formula is C20H17ClN2O6. The number of hydrogen-bond acceptors (Lipinski definition) is 7. The number of halogens is 1. The molecule has 2 aromatic rings. The molecule has 0 saturated carbocycles. The van der Waals surface area contributed by atoms with E-state index in [2.05, 4.69) is 4.99 Å². The Balaban J connectivity index is 1.94. The van der Waals surface area contributed by atoms with Gasteiger partial charge in [0.2, 0.25) is 5.90 Å². The highest BCUT2D eigenvalue weighted by atomic mass is 35.5. The van der Waals surface area contributed by atoms with Crippen LogP contribution in [-0.2, 0) is 9.53 Å². The number of carbonyl (C=O) groups is 1. The lowest BCUT2D eigenvalue weighted by Gasteiger charge is -2.11. The summed E-state index contributed by atoms with van der Waals surface area (Å²) in [5.74, 6) is 0.456. The van der Waals surface area contributed by atoms with Crippen LogP contribution in [0.15, 0.2) is 47.1 Å². The number of benzene rings is 2. The molecule has 0 atom stereocenters. The summed E-state index contributed by atoms with van der Waals surface area (Å²) in [4.78, 5) is 26.8. The number of cyclic esters (lactones) is 1. The highest BCUT2D eigenvalue weighted by Gasteiger charge is 2.26. The number of nitrogens with zero attached hydrogens (tertiary/aromatic N) is 2. The van der Waals surface area contributed by atoms with Gasteiger partial charge in [-0.05, 0) is 49.8 Å². The van der Waals surface area contributed by atoms with E-state index in [4.69, 9.17) is 25.8 Å². The molecule has 29 heavy (non-hydrogen) atoms. The van der Waals surface area contributed by atoms with E-state index in [1.165, 1.54) is 24.3 Å². The number of nitro groups is 1. The fourth-order valence-electron chi connectivity index (χ4n) is 2.63. The molecule has 0 amide bonds. The van der Waals surface area contributed by atoms with Gasteiger partial charge in [-0.1, -0.05) is 17.7 Å². The Morgan fingerprint density at radius 3 is 2.55 bits per heavy atom. The molecule has 0 spiro atoms. The zero-order valence-electron chi connectivity index (χ0n) is 15.7. The smallest absolute Gasteiger partial charge is 0.363 e. The zero-order chi connectivity index (χ0) is 21.0. The lowest BCUT2D eigenvalue weighted by molar-refractivity contribution is -0.384. The molecule has 3 rings (SSSR count). The van der Waals surface area contributed by atoms with Crippen molar-refractivity contribution >= 4 is 35.2 Å². The summed E-state index contributed by atoms with van der Waals surface area (Å²) < 4.78 is 16.3. The van der Waals surface area contributed by atoms with Crippen LogP contribution in [0.4, 0.5) is 5.69 Å². The van der Waals surface area contributed by atoms with Gasteiger partial charge in [0, 0.05) is 11.6 Å². The van der Waals surface area contributed by atoms with Gasteiger partial charge in [-0.2, -0.15) is 0 Å². The number of rotatable bonds is 7. The minimum atomic E-state index is -0.663. The van der Waals surface area contributed by atoms with E-state index < -0.39 is 10.9 Å². The van der Waals surface area contributed by atoms with Gasteiger partial charge in [-0.25, -0.2) is 9.79 Å². The third-order valence-electron chi connectivity index (χ3n) is 3.88. The van der Waals surface area contributed by atoms with Crippen LogP contribution < -0.4 is 9.47 Å². The second kappa shape index (κ2) is 8.74. The van der Waals surface area contributed by atoms with Crippen molar-refractivity contribution in [3.05, 3.63) is 68.4 Å². The van der Waals surface area contributed by atoms with Gasteiger partial charge in [0.05, 0.1) is 18.1 Å². The Labute approximate surface area is 171 Å². The molecule has 0 unspecified atom stereocenters. The quantitative estimate of drug-likeness (QED) is 0.287. The molecule has 0 aliphatic carbocycles. The molecule has 1 aliphatic heterocycles. The predicted octanol–water partition coefficient (Wildman–Crippen LogP) is 4.39. The summed E-state index contributed by atoms with van der Waals surface area (Å²) in [6, 6.07) is 9.29. The largest absolute Gasteiger partial charge is 0.490 e. The van der Waals surface area contributed by atoms with E-state index in [0.29, 0.717) is 30.3 Å². The number of carbonyl (C=O) groups excluding carboxylic acids is 1. The van der Waals surface area contributed by atoms with Gasteiger partial charge in [0.15, 0.2) is 17.2 Å². The highest BCUT2D eigenvalue weighted by Crippen LogP contribution is 2.31. The standard InChI is InChI=1S/C20H17ClN2O6/c1-3-27-17-8-5-12(10-18(17)28-4-2)9-15-20(24)29-19(22-15)13-6-7-14(21)16(11-13)23(25)26/h5-11H,3-4H2,1-2H3/b15-9-. The maximum Gasteiger partial charge on any atom is 0.363 e. The zero-order valence-corrected chi connectivity index (χ0v) is 16.4. The lowest BCUT2D eigenvalue weighted by Crippen LogP contribution is -2.06. The van der Waals surface area contributed by atoms with Crippen molar-refractivity contribution in [3.63, 3.8) is 0 Å². The molecule has 1 heterocycles. The second-order valence-corrected chi connectivity index (χ2v) is 6.24. The first kappa shape index (κ1) is 20.3. The molecule has 8 nitrogen and oxygen atoms in total. The Morgan fingerprint density at radius 2 is 1.86 bits per heavy atom. The Bertz CT molecular complexity index is 1030. The van der Waals surface area contributed by atoms with Crippen LogP contribution in [0.5, 0.6) is 11.5 Å². The van der Waals surface area contributed by atoms with Gasteiger partial charge in [0.25, 0.3) is 5.69 Å². The maximum atomic E-state index is 12.2. The summed E-state index contributed by atoms with van der Waals surface area (Å²) in [5.41, 5.74) is 0.702. The molecule has 2 aromatic carbocycles. The topological polar surface area (TPSA) is 100 Å². The van der Waals surface area contributed by atoms with Crippen molar-refractivity contribution < 1.29 is 23.9 Å². The average molecular weight is 417 g/mol. The van der Waals surface area contributed by atoms with Gasteiger partial charge < -0.3 is 14.2 Å². The minimum absolute atomic E-state index is 0.0164. The monoisotopic (exact) mass is 416 g/mol. The highest BCUT2D eigenvalue weighted by molar-refractivity contribution is 6.32. The summed E-state index contributed by atoms with van der Waals surface area (Å²) in [6.07, 6.45) is 1.54. The Hall–Kier alpha value is -3.39. The van der Waals surface area contributed by atoms with Crippen LogP contribution in [0.25, 0.3) is 6.08 Å². The van der Waals surface area contributed by atoms with Crippen molar-refractivity contribution in [1.82, 2.24) is 0 Å². The van der Waals surface area contributed by atoms with E-state index in [-0.39, 0.29) is 27.9 Å². The molecule has 0 N–H and O–H groups in total. The molecule has 0 aromatic heterocycles. The van der Waals surface area contributed by atoms with Gasteiger partial charge in [-0.3, -0.25) is 10.1 Å². The van der Waals surface area contributed by atoms with Gasteiger partial charge in [0.1, 0.15) is 5.02 Å². The molecule has 1 aliphatic rings. The summed E-state index contributed by atoms with van der Waals surface area (Å²) >= 11 is 5.82. The van der Waals surface area contributed by atoms with Crippen LogP contribution >= 0.6 is 11.6 Å². The predicted molar refractivity (Wildman–Crippen MR) is 107 cm³/mol. The van der Waals surface area contributed by atoms with Crippen LogP contribution in [0.3, 0.4) is 0 Å². The molecule has 0 bridgehead atoms. The SMILES string of the molecule is CCOc1ccc(/C=C2\N=C(c3ccc(Cl)c([N+](=O)[O-])c3)OC2=O)cc1OCC. The number of esters is 1.